The Bertz CT molecular complexity index is 1060. The maximum atomic E-state index is 13.4. The van der Waals surface area contributed by atoms with Gasteiger partial charge in [-0.25, -0.2) is 18.6 Å². The van der Waals surface area contributed by atoms with Crippen molar-refractivity contribution < 1.29 is 72.9 Å². The molecule has 2 aromatic rings. The number of hydrogen-bond acceptors (Lipinski definition) is 10. The summed E-state index contributed by atoms with van der Waals surface area (Å²) < 4.78 is 62.6. The molecule has 2 aromatic carbocycles. The topological polar surface area (TPSA) is 221 Å². The van der Waals surface area contributed by atoms with Crippen LogP contribution < -0.4 is 33.1 Å². The number of ether oxygens (including phenoxy) is 5. The Morgan fingerprint density at radius 3 is 1.59 bits per heavy atom. The number of benzene rings is 2. The minimum absolute atomic E-state index is 0. The van der Waals surface area contributed by atoms with Crippen molar-refractivity contribution in [1.29, 1.82) is 0 Å². The average molecular weight is 572 g/mol. The molecule has 0 spiro atoms. The first-order valence-electron chi connectivity index (χ1n) is 11.6. The lowest BCUT2D eigenvalue weighted by Crippen LogP contribution is -2.75. The second kappa shape index (κ2) is 15.5. The first kappa shape index (κ1) is 32.1. The van der Waals surface area contributed by atoms with E-state index in [1.54, 1.807) is 36.4 Å². The van der Waals surface area contributed by atoms with Crippen LogP contribution >= 0.6 is 0 Å². The summed E-state index contributed by atoms with van der Waals surface area (Å²) in [5, 5.41) is 10.3. The third kappa shape index (κ3) is 9.54. The standard InChI is InChI=1S/C25H27NO7.ClHO4.H2O/c1-2-21(27)26-24-22-17-5-3-7-19(22)32-15-13-30-11-9-29-10-12-31-14-16-33-20-8-4-6-18(23(20)24)25(17)28;2-1(3,4)5;/h2-8,24H,1,9-16H2,(H,26,27);(H,2,3,4,5);1H2. The first-order valence-corrected chi connectivity index (χ1v) is 12.8. The SMILES string of the molecule is C=CC(O)=[NH+]C1c2c3cccc2C(=O)c2cccc(c21)OCCOCCOCCOCCO3.O.[O-][Cl+3]([O-])([O-])[O-]. The molecule has 0 fully saturated rings. The van der Waals surface area contributed by atoms with Crippen molar-refractivity contribution in [2.75, 3.05) is 52.9 Å². The van der Waals surface area contributed by atoms with Gasteiger partial charge in [-0.05, 0) is 12.1 Å². The summed E-state index contributed by atoms with van der Waals surface area (Å²) >= 11 is 0. The van der Waals surface area contributed by atoms with E-state index in [1.807, 2.05) is 0 Å². The van der Waals surface area contributed by atoms with Gasteiger partial charge in [-0.3, -0.25) is 4.79 Å². The highest BCUT2D eigenvalue weighted by Gasteiger charge is 2.39. The Morgan fingerprint density at radius 2 is 1.21 bits per heavy atom. The first-order chi connectivity index (χ1) is 18.2. The van der Waals surface area contributed by atoms with Gasteiger partial charge in [-0.15, -0.1) is 10.2 Å². The molecule has 4 N–H and O–H groups in total. The van der Waals surface area contributed by atoms with Gasteiger partial charge < -0.3 is 34.3 Å². The van der Waals surface area contributed by atoms with Gasteiger partial charge in [0.25, 0.3) is 0 Å². The molecule has 0 amide bonds. The highest BCUT2D eigenvalue weighted by molar-refractivity contribution is 6.13. The van der Waals surface area contributed by atoms with E-state index in [0.29, 0.717) is 86.6 Å². The molecule has 214 valence electrons. The van der Waals surface area contributed by atoms with Gasteiger partial charge in [-0.2, -0.15) is 4.99 Å². The fourth-order valence-corrected chi connectivity index (χ4v) is 3.93. The van der Waals surface area contributed by atoms with Crippen molar-refractivity contribution in [3.8, 4) is 11.5 Å². The zero-order valence-corrected chi connectivity index (χ0v) is 21.6. The third-order valence-corrected chi connectivity index (χ3v) is 5.40. The molecule has 1 aliphatic carbocycles. The zero-order chi connectivity index (χ0) is 27.5. The fourth-order valence-electron chi connectivity index (χ4n) is 3.93. The maximum Gasteiger partial charge on any atom is 0.358 e. The Balaban J connectivity index is 0.000000816. The summed E-state index contributed by atoms with van der Waals surface area (Å²) in [5.74, 6) is 0.802. The smallest absolute Gasteiger partial charge is 0.358 e. The van der Waals surface area contributed by atoms with E-state index < -0.39 is 16.3 Å². The van der Waals surface area contributed by atoms with Crippen LogP contribution in [0.2, 0.25) is 0 Å². The number of hydrogen-bond donors (Lipinski definition) is 2. The van der Waals surface area contributed by atoms with E-state index in [2.05, 4.69) is 11.6 Å². The summed E-state index contributed by atoms with van der Waals surface area (Å²) in [6.07, 6.45) is 1.31. The third-order valence-electron chi connectivity index (χ3n) is 5.40. The number of aliphatic hydroxyl groups is 1. The van der Waals surface area contributed by atoms with Gasteiger partial charge in [0.15, 0.2) is 5.78 Å². The van der Waals surface area contributed by atoms with Crippen molar-refractivity contribution in [1.82, 2.24) is 0 Å². The van der Waals surface area contributed by atoms with Crippen molar-refractivity contribution in [2.45, 2.75) is 6.04 Å². The number of rotatable bonds is 2. The van der Waals surface area contributed by atoms with Crippen LogP contribution in [0, 0.1) is 10.2 Å². The number of carbonyl (C=O) groups is 1. The number of nitrogens with one attached hydrogen (secondary N) is 1. The van der Waals surface area contributed by atoms with Crippen LogP contribution in [0.4, 0.5) is 0 Å². The number of halogens is 1. The number of aliphatic hydroxyl groups excluding tert-OH is 1. The molecular formula is C25H30ClNO12. The van der Waals surface area contributed by atoms with Gasteiger partial charge in [0.1, 0.15) is 24.7 Å². The molecule has 39 heavy (non-hydrogen) atoms. The van der Waals surface area contributed by atoms with Crippen LogP contribution in [0.15, 0.2) is 49.1 Å². The molecule has 2 aliphatic rings. The zero-order valence-electron chi connectivity index (χ0n) is 20.9. The van der Waals surface area contributed by atoms with Crippen LogP contribution in [0.5, 0.6) is 11.5 Å². The summed E-state index contributed by atoms with van der Waals surface area (Å²) in [6.45, 7) is 6.77. The fraction of sp³-hybridized carbons (Fsp3) is 0.360. The maximum absolute atomic E-state index is 13.4. The van der Waals surface area contributed by atoms with E-state index in [0.717, 1.165) is 0 Å². The Labute approximate surface area is 226 Å². The van der Waals surface area contributed by atoms with Crippen LogP contribution in [-0.4, -0.2) is 75.1 Å². The highest BCUT2D eigenvalue weighted by atomic mass is 35.7. The van der Waals surface area contributed by atoms with Crippen LogP contribution in [0.25, 0.3) is 0 Å². The van der Waals surface area contributed by atoms with E-state index in [9.17, 15) is 9.90 Å². The van der Waals surface area contributed by atoms with Gasteiger partial charge >= 0.3 is 5.90 Å². The van der Waals surface area contributed by atoms with E-state index in [1.165, 1.54) is 6.08 Å². The lowest BCUT2D eigenvalue weighted by molar-refractivity contribution is -2.00. The molecule has 0 saturated heterocycles. The Morgan fingerprint density at radius 1 is 0.821 bits per heavy atom. The molecule has 14 heteroatoms. The summed E-state index contributed by atoms with van der Waals surface area (Å²) in [5.41, 5.74) is 2.25. The molecule has 1 heterocycles. The van der Waals surface area contributed by atoms with E-state index >= 15 is 0 Å². The van der Waals surface area contributed by atoms with Crippen molar-refractivity contribution in [3.05, 3.63) is 71.3 Å². The highest BCUT2D eigenvalue weighted by Crippen LogP contribution is 2.42. The summed E-state index contributed by atoms with van der Waals surface area (Å²) in [7, 11) is -4.94. The molecule has 0 saturated carbocycles. The van der Waals surface area contributed by atoms with Gasteiger partial charge in [0, 0.05) is 17.2 Å². The van der Waals surface area contributed by atoms with Gasteiger partial charge in [-0.1, -0.05) is 30.8 Å². The second-order valence-electron chi connectivity index (χ2n) is 7.84. The Hall–Kier alpha value is -3.11. The molecule has 0 radical (unpaired) electrons. The lowest BCUT2D eigenvalue weighted by atomic mass is 9.80. The normalized spacial score (nSPS) is 17.1. The lowest BCUT2D eigenvalue weighted by Gasteiger charge is -2.25. The summed E-state index contributed by atoms with van der Waals surface area (Å²) in [4.78, 5) is 16.5. The Kier molecular flexibility index (Phi) is 12.7. The minimum atomic E-state index is -4.94. The van der Waals surface area contributed by atoms with Crippen LogP contribution in [0.1, 0.15) is 33.1 Å². The van der Waals surface area contributed by atoms with E-state index in [4.69, 9.17) is 42.3 Å². The molecule has 2 bridgehead atoms. The minimum Gasteiger partial charge on any atom is -0.491 e. The van der Waals surface area contributed by atoms with Crippen molar-refractivity contribution >= 4 is 11.7 Å². The monoisotopic (exact) mass is 571 g/mol. The summed E-state index contributed by atoms with van der Waals surface area (Å²) in [6, 6.07) is 10.1. The quantitative estimate of drug-likeness (QED) is 0.259. The largest absolute Gasteiger partial charge is 0.491 e. The molecule has 1 aliphatic heterocycles. The molecular weight excluding hydrogens is 542 g/mol. The van der Waals surface area contributed by atoms with E-state index in [-0.39, 0.29) is 17.2 Å². The molecule has 13 nitrogen and oxygen atoms in total. The van der Waals surface area contributed by atoms with Gasteiger partial charge in [0.2, 0.25) is 6.04 Å². The number of carbonyl (C=O) groups excluding carboxylic acids is 1. The predicted octanol–water partition coefficient (Wildman–Crippen LogP) is -4.22. The average Bonchev–Trinajstić information content (AvgIpc) is 2.87. The van der Waals surface area contributed by atoms with Crippen molar-refractivity contribution in [3.63, 3.8) is 0 Å². The molecule has 0 unspecified atom stereocenters. The van der Waals surface area contributed by atoms with Crippen LogP contribution in [-0.2, 0) is 14.2 Å². The molecule has 0 aromatic heterocycles. The second-order valence-corrected chi connectivity index (χ2v) is 8.60. The van der Waals surface area contributed by atoms with Crippen molar-refractivity contribution in [2.24, 2.45) is 0 Å². The molecule has 4 rings (SSSR count). The molecule has 0 atom stereocenters. The van der Waals surface area contributed by atoms with Crippen LogP contribution in [0.3, 0.4) is 0 Å². The predicted molar refractivity (Wildman–Crippen MR) is 124 cm³/mol. The number of ketones is 1. The van der Waals surface area contributed by atoms with Gasteiger partial charge in [0.05, 0.1) is 50.8 Å².